The van der Waals surface area contributed by atoms with Crippen LogP contribution in [0.2, 0.25) is 0 Å². The van der Waals surface area contributed by atoms with Crippen molar-refractivity contribution in [3.63, 3.8) is 0 Å². The van der Waals surface area contributed by atoms with Gasteiger partial charge in [0.1, 0.15) is 11.6 Å². The predicted molar refractivity (Wildman–Crippen MR) is 108 cm³/mol. The highest BCUT2D eigenvalue weighted by Gasteiger charge is 2.34. The average molecular weight is 410 g/mol. The maximum Gasteiger partial charge on any atom is 0.417 e. The maximum atomic E-state index is 13.5. The Hall–Kier alpha value is -3.75. The van der Waals surface area contributed by atoms with Crippen molar-refractivity contribution in [2.75, 3.05) is 5.32 Å². The molecule has 2 N–H and O–H groups in total. The lowest BCUT2D eigenvalue weighted by molar-refractivity contribution is -0.137. The molecule has 6 nitrogen and oxygen atoms in total. The van der Waals surface area contributed by atoms with Gasteiger partial charge in [-0.1, -0.05) is 24.3 Å². The number of fused-ring (bicyclic) bond motifs is 1. The lowest BCUT2D eigenvalue weighted by Gasteiger charge is -2.14. The van der Waals surface area contributed by atoms with E-state index in [4.69, 9.17) is 0 Å². The Labute approximate surface area is 169 Å². The van der Waals surface area contributed by atoms with Crippen LogP contribution in [0.3, 0.4) is 0 Å². The summed E-state index contributed by atoms with van der Waals surface area (Å²) in [5.41, 5.74) is 0.252. The van der Waals surface area contributed by atoms with Crippen LogP contribution in [0.15, 0.2) is 61.3 Å². The van der Waals surface area contributed by atoms with E-state index >= 15 is 0 Å². The van der Waals surface area contributed by atoms with Crippen molar-refractivity contribution in [3.05, 3.63) is 72.6 Å². The van der Waals surface area contributed by atoms with Gasteiger partial charge in [-0.15, -0.1) is 6.58 Å². The van der Waals surface area contributed by atoms with Gasteiger partial charge in [0.2, 0.25) is 0 Å². The summed E-state index contributed by atoms with van der Waals surface area (Å²) in [4.78, 5) is 12.9. The van der Waals surface area contributed by atoms with Crippen LogP contribution in [0.25, 0.3) is 22.4 Å². The number of aryl methyl sites for hydroxylation is 1. The van der Waals surface area contributed by atoms with E-state index < -0.39 is 11.7 Å². The molecular weight excluding hydrogens is 393 g/mol. The molecule has 0 unspecified atom stereocenters. The van der Waals surface area contributed by atoms with E-state index in [1.54, 1.807) is 24.4 Å². The van der Waals surface area contributed by atoms with Crippen LogP contribution in [-0.4, -0.2) is 25.1 Å². The molecular formula is C21H17F3N6. The zero-order chi connectivity index (χ0) is 21.1. The molecule has 0 saturated heterocycles. The van der Waals surface area contributed by atoms with E-state index in [0.29, 0.717) is 35.8 Å². The van der Waals surface area contributed by atoms with Crippen molar-refractivity contribution in [3.8, 4) is 11.4 Å². The van der Waals surface area contributed by atoms with Crippen LogP contribution in [0, 0.1) is 0 Å². The van der Waals surface area contributed by atoms with Gasteiger partial charge in [0, 0.05) is 23.5 Å². The van der Waals surface area contributed by atoms with E-state index in [2.05, 4.69) is 37.0 Å². The number of alkyl halides is 3. The normalized spacial score (nSPS) is 11.6. The number of hydrogen-bond donors (Lipinski definition) is 2. The van der Waals surface area contributed by atoms with Crippen LogP contribution in [0.1, 0.15) is 17.7 Å². The first kappa shape index (κ1) is 19.6. The third kappa shape index (κ3) is 4.00. The molecule has 0 atom stereocenters. The average Bonchev–Trinajstić information content (AvgIpc) is 3.14. The Balaban J connectivity index is 1.80. The predicted octanol–water partition coefficient (Wildman–Crippen LogP) is 5.30. The van der Waals surface area contributed by atoms with Crippen LogP contribution in [-0.2, 0) is 12.6 Å². The molecule has 0 aliphatic carbocycles. The minimum atomic E-state index is -4.52. The molecule has 0 amide bonds. The lowest BCUT2D eigenvalue weighted by Crippen LogP contribution is -2.09. The Morgan fingerprint density at radius 1 is 1.10 bits per heavy atom. The zero-order valence-corrected chi connectivity index (χ0v) is 15.7. The van der Waals surface area contributed by atoms with Crippen LogP contribution in [0.4, 0.5) is 24.8 Å². The smallest absolute Gasteiger partial charge is 0.325 e. The van der Waals surface area contributed by atoms with Gasteiger partial charge in [-0.3, -0.25) is 5.10 Å². The second-order valence-corrected chi connectivity index (χ2v) is 6.54. The number of pyridine rings is 1. The minimum Gasteiger partial charge on any atom is -0.325 e. The van der Waals surface area contributed by atoms with Crippen molar-refractivity contribution in [2.45, 2.75) is 19.0 Å². The highest BCUT2D eigenvalue weighted by molar-refractivity contribution is 5.88. The molecule has 1 aromatic carbocycles. The molecule has 3 heterocycles. The number of nitrogens with zero attached hydrogens (tertiary/aromatic N) is 4. The van der Waals surface area contributed by atoms with Gasteiger partial charge in [0.05, 0.1) is 10.9 Å². The second kappa shape index (κ2) is 7.94. The third-order valence-corrected chi connectivity index (χ3v) is 4.44. The van der Waals surface area contributed by atoms with Crippen molar-refractivity contribution < 1.29 is 13.2 Å². The number of aromatic amines is 1. The summed E-state index contributed by atoms with van der Waals surface area (Å²) in [6.45, 7) is 3.69. The largest absolute Gasteiger partial charge is 0.417 e. The molecule has 4 aromatic rings. The molecule has 0 saturated carbocycles. The molecule has 152 valence electrons. The number of anilines is 2. The Kier molecular flexibility index (Phi) is 5.18. The number of benzene rings is 1. The summed E-state index contributed by atoms with van der Waals surface area (Å²) in [6.07, 6.45) is -0.0133. The first-order valence-electron chi connectivity index (χ1n) is 9.17. The standard InChI is InChI=1S/C21H17F3N6/c1-2-3-7-13-12-17(28-20-15-9-6-11-25-18(15)29-30-20)27-19(26-13)14-8-4-5-10-16(14)21(22,23)24/h2,4-6,8-12H,1,3,7H2,(H2,25,26,27,28,29,30). The first-order chi connectivity index (χ1) is 14.5. The monoisotopic (exact) mass is 410 g/mol. The highest BCUT2D eigenvalue weighted by atomic mass is 19.4. The number of allylic oxidation sites excluding steroid dienone is 1. The van der Waals surface area contributed by atoms with E-state index in [1.165, 1.54) is 18.2 Å². The quantitative estimate of drug-likeness (QED) is 0.422. The fourth-order valence-electron chi connectivity index (χ4n) is 3.06. The van der Waals surface area contributed by atoms with Crippen molar-refractivity contribution in [2.24, 2.45) is 0 Å². The number of nitrogens with one attached hydrogen (secondary N) is 2. The van der Waals surface area contributed by atoms with Crippen molar-refractivity contribution >= 4 is 22.7 Å². The lowest BCUT2D eigenvalue weighted by atomic mass is 10.1. The number of hydrogen-bond acceptors (Lipinski definition) is 5. The van der Waals surface area contributed by atoms with E-state index in [0.717, 1.165) is 11.5 Å². The van der Waals surface area contributed by atoms with Gasteiger partial charge < -0.3 is 5.32 Å². The van der Waals surface area contributed by atoms with Crippen LogP contribution in [0.5, 0.6) is 0 Å². The number of H-pyrrole nitrogens is 1. The number of rotatable bonds is 6. The summed E-state index contributed by atoms with van der Waals surface area (Å²) < 4.78 is 40.5. The fourth-order valence-corrected chi connectivity index (χ4v) is 3.06. The van der Waals surface area contributed by atoms with E-state index in [-0.39, 0.29) is 11.4 Å². The summed E-state index contributed by atoms with van der Waals surface area (Å²) in [5.74, 6) is 0.890. The molecule has 9 heteroatoms. The van der Waals surface area contributed by atoms with E-state index in [1.807, 2.05) is 6.07 Å². The van der Waals surface area contributed by atoms with Crippen LogP contribution < -0.4 is 5.32 Å². The van der Waals surface area contributed by atoms with Gasteiger partial charge >= 0.3 is 6.18 Å². The Morgan fingerprint density at radius 2 is 1.93 bits per heavy atom. The van der Waals surface area contributed by atoms with Gasteiger partial charge in [-0.2, -0.15) is 18.3 Å². The second-order valence-electron chi connectivity index (χ2n) is 6.54. The topological polar surface area (TPSA) is 79.4 Å². The maximum absolute atomic E-state index is 13.5. The molecule has 0 aliphatic heterocycles. The van der Waals surface area contributed by atoms with Gasteiger partial charge in [-0.25, -0.2) is 15.0 Å². The van der Waals surface area contributed by atoms with Gasteiger partial charge in [0.15, 0.2) is 11.5 Å². The molecule has 0 spiro atoms. The summed E-state index contributed by atoms with van der Waals surface area (Å²) in [6, 6.07) is 10.6. The SMILES string of the molecule is C=CCCc1cc(Nc2[nH]nc3ncccc23)nc(-c2ccccc2C(F)(F)F)n1. The summed E-state index contributed by atoms with van der Waals surface area (Å²) in [7, 11) is 0. The molecule has 0 aliphatic rings. The van der Waals surface area contributed by atoms with Crippen molar-refractivity contribution in [1.29, 1.82) is 0 Å². The molecule has 0 fully saturated rings. The first-order valence-corrected chi connectivity index (χ1v) is 9.17. The number of aromatic nitrogens is 5. The van der Waals surface area contributed by atoms with Gasteiger partial charge in [-0.05, 0) is 31.0 Å². The third-order valence-electron chi connectivity index (χ3n) is 4.44. The summed E-state index contributed by atoms with van der Waals surface area (Å²) >= 11 is 0. The van der Waals surface area contributed by atoms with Crippen LogP contribution >= 0.6 is 0 Å². The minimum absolute atomic E-state index is 0.00562. The summed E-state index contributed by atoms with van der Waals surface area (Å²) in [5, 5.41) is 10.8. The molecule has 3 aromatic heterocycles. The van der Waals surface area contributed by atoms with Crippen molar-refractivity contribution in [1.82, 2.24) is 25.1 Å². The molecule has 0 radical (unpaired) electrons. The zero-order valence-electron chi connectivity index (χ0n) is 15.7. The highest BCUT2D eigenvalue weighted by Crippen LogP contribution is 2.36. The fraction of sp³-hybridized carbons (Fsp3) is 0.143. The van der Waals surface area contributed by atoms with Gasteiger partial charge in [0.25, 0.3) is 0 Å². The molecule has 30 heavy (non-hydrogen) atoms. The Morgan fingerprint density at radius 3 is 2.73 bits per heavy atom. The Bertz CT molecular complexity index is 1200. The molecule has 0 bridgehead atoms. The number of halogens is 3. The van der Waals surface area contributed by atoms with E-state index in [9.17, 15) is 13.2 Å². The molecule has 4 rings (SSSR count).